The molecule has 2 aromatic carbocycles. The lowest BCUT2D eigenvalue weighted by atomic mass is 10.0. The molecule has 0 aliphatic carbocycles. The summed E-state index contributed by atoms with van der Waals surface area (Å²) in [7, 11) is 0. The Kier molecular flexibility index (Phi) is 2.52. The van der Waals surface area contributed by atoms with E-state index in [1.54, 1.807) is 12.3 Å². The van der Waals surface area contributed by atoms with Crippen molar-refractivity contribution in [2.24, 2.45) is 0 Å². The second-order valence-electron chi connectivity index (χ2n) is 4.47. The molecule has 0 aliphatic rings. The van der Waals surface area contributed by atoms with Crippen LogP contribution in [0.3, 0.4) is 0 Å². The number of nitrogens with one attached hydrogen (secondary N) is 1. The molecule has 0 bridgehead atoms. The number of phenolic OH excluding ortho intramolecular Hbond substituents is 1. The van der Waals surface area contributed by atoms with E-state index in [1.807, 2.05) is 37.3 Å². The zero-order valence-corrected chi connectivity index (χ0v) is 10.1. The van der Waals surface area contributed by atoms with E-state index >= 15 is 0 Å². The first kappa shape index (κ1) is 10.8. The summed E-state index contributed by atoms with van der Waals surface area (Å²) in [4.78, 5) is 7.49. The molecule has 0 amide bonds. The van der Waals surface area contributed by atoms with Gasteiger partial charge in [0.05, 0.1) is 0 Å². The summed E-state index contributed by atoms with van der Waals surface area (Å²) >= 11 is 0. The first-order valence-corrected chi connectivity index (χ1v) is 5.94. The van der Waals surface area contributed by atoms with Crippen LogP contribution in [0, 0.1) is 6.92 Å². The second-order valence-corrected chi connectivity index (χ2v) is 4.47. The molecular formula is C15H14N2O. The normalized spacial score (nSPS) is 10.9. The molecular weight excluding hydrogens is 224 g/mol. The Bertz CT molecular complexity index is 701. The summed E-state index contributed by atoms with van der Waals surface area (Å²) in [5.41, 5.74) is 1.95. The predicted molar refractivity (Wildman–Crippen MR) is 71.7 cm³/mol. The Balaban J connectivity index is 2.12. The molecule has 1 aromatic heterocycles. The molecule has 3 nitrogen and oxygen atoms in total. The van der Waals surface area contributed by atoms with Crippen molar-refractivity contribution in [3.8, 4) is 5.75 Å². The fourth-order valence-electron chi connectivity index (χ4n) is 2.23. The van der Waals surface area contributed by atoms with Gasteiger partial charge in [0.25, 0.3) is 0 Å². The Hall–Kier alpha value is -2.29. The topological polar surface area (TPSA) is 48.9 Å². The highest BCUT2D eigenvalue weighted by Crippen LogP contribution is 2.28. The zero-order valence-electron chi connectivity index (χ0n) is 10.1. The lowest BCUT2D eigenvalue weighted by Gasteiger charge is -2.07. The fraction of sp³-hybridized carbons (Fsp3) is 0.133. The van der Waals surface area contributed by atoms with E-state index in [2.05, 4.69) is 9.97 Å². The number of nitrogens with zero attached hydrogens (tertiary/aromatic N) is 1. The van der Waals surface area contributed by atoms with Gasteiger partial charge in [-0.3, -0.25) is 0 Å². The summed E-state index contributed by atoms with van der Waals surface area (Å²) in [6.45, 7) is 1.97. The van der Waals surface area contributed by atoms with E-state index < -0.39 is 0 Å². The van der Waals surface area contributed by atoms with Crippen molar-refractivity contribution >= 4 is 10.8 Å². The van der Waals surface area contributed by atoms with Crippen LogP contribution < -0.4 is 0 Å². The van der Waals surface area contributed by atoms with Crippen LogP contribution in [0.2, 0.25) is 0 Å². The minimum atomic E-state index is 0.322. The monoisotopic (exact) mass is 238 g/mol. The van der Waals surface area contributed by atoms with Crippen LogP contribution in [0.5, 0.6) is 5.75 Å². The molecule has 90 valence electrons. The van der Waals surface area contributed by atoms with Crippen molar-refractivity contribution in [1.82, 2.24) is 9.97 Å². The molecule has 0 unspecified atom stereocenters. The standard InChI is InChI=1S/C15H14N2O/c1-10-9-16-15(17-10)8-13-12-5-3-2-4-11(12)6-7-14(13)18/h2-7,9,18H,8H2,1H3,(H,16,17). The summed E-state index contributed by atoms with van der Waals surface area (Å²) < 4.78 is 0. The number of fused-ring (bicyclic) bond motifs is 1. The maximum atomic E-state index is 10.0. The number of aromatic hydroxyl groups is 1. The Morgan fingerprint density at radius 2 is 2.00 bits per heavy atom. The number of H-pyrrole nitrogens is 1. The van der Waals surface area contributed by atoms with E-state index in [0.717, 1.165) is 27.9 Å². The third-order valence-corrected chi connectivity index (χ3v) is 3.12. The number of aryl methyl sites for hydroxylation is 1. The molecule has 3 aromatic rings. The maximum Gasteiger partial charge on any atom is 0.119 e. The Labute approximate surface area is 105 Å². The van der Waals surface area contributed by atoms with Crippen LogP contribution in [-0.2, 0) is 6.42 Å². The van der Waals surface area contributed by atoms with Gasteiger partial charge in [-0.25, -0.2) is 4.98 Å². The minimum Gasteiger partial charge on any atom is -0.508 e. The smallest absolute Gasteiger partial charge is 0.119 e. The third-order valence-electron chi connectivity index (χ3n) is 3.12. The Morgan fingerprint density at radius 1 is 1.17 bits per heavy atom. The average Bonchev–Trinajstić information content (AvgIpc) is 2.79. The van der Waals surface area contributed by atoms with Gasteiger partial charge in [0.1, 0.15) is 11.6 Å². The van der Waals surface area contributed by atoms with Crippen molar-refractivity contribution in [2.75, 3.05) is 0 Å². The van der Waals surface area contributed by atoms with E-state index in [-0.39, 0.29) is 0 Å². The van der Waals surface area contributed by atoms with Crippen molar-refractivity contribution in [1.29, 1.82) is 0 Å². The molecule has 0 radical (unpaired) electrons. The molecule has 3 heteroatoms. The number of hydrogen-bond donors (Lipinski definition) is 2. The van der Waals surface area contributed by atoms with Gasteiger partial charge >= 0.3 is 0 Å². The van der Waals surface area contributed by atoms with Crippen molar-refractivity contribution in [3.63, 3.8) is 0 Å². The lowest BCUT2D eigenvalue weighted by molar-refractivity contribution is 0.470. The van der Waals surface area contributed by atoms with Gasteiger partial charge in [-0.1, -0.05) is 30.3 Å². The molecule has 0 saturated carbocycles. The van der Waals surface area contributed by atoms with Gasteiger partial charge in [0, 0.05) is 23.9 Å². The molecule has 0 fully saturated rings. The van der Waals surface area contributed by atoms with Gasteiger partial charge in [-0.2, -0.15) is 0 Å². The lowest BCUT2D eigenvalue weighted by Crippen LogP contribution is -1.93. The molecule has 0 atom stereocenters. The molecule has 0 spiro atoms. The van der Waals surface area contributed by atoms with Gasteiger partial charge < -0.3 is 10.1 Å². The highest BCUT2D eigenvalue weighted by Gasteiger charge is 2.09. The van der Waals surface area contributed by atoms with Gasteiger partial charge in [-0.05, 0) is 23.8 Å². The van der Waals surface area contributed by atoms with Gasteiger partial charge in [-0.15, -0.1) is 0 Å². The number of hydrogen-bond acceptors (Lipinski definition) is 2. The van der Waals surface area contributed by atoms with Crippen LogP contribution >= 0.6 is 0 Å². The maximum absolute atomic E-state index is 10.0. The number of phenols is 1. The molecule has 0 aliphatic heterocycles. The number of rotatable bonds is 2. The first-order valence-electron chi connectivity index (χ1n) is 5.94. The highest BCUT2D eigenvalue weighted by molar-refractivity contribution is 5.87. The van der Waals surface area contributed by atoms with Crippen LogP contribution in [-0.4, -0.2) is 15.1 Å². The fourth-order valence-corrected chi connectivity index (χ4v) is 2.23. The van der Waals surface area contributed by atoms with Crippen LogP contribution in [0.15, 0.2) is 42.6 Å². The Morgan fingerprint density at radius 3 is 2.78 bits per heavy atom. The summed E-state index contributed by atoms with van der Waals surface area (Å²) in [6, 6.07) is 11.7. The molecule has 3 rings (SSSR count). The number of benzene rings is 2. The molecule has 0 saturated heterocycles. The van der Waals surface area contributed by atoms with E-state index in [4.69, 9.17) is 0 Å². The van der Waals surface area contributed by atoms with Crippen molar-refractivity contribution in [2.45, 2.75) is 13.3 Å². The largest absolute Gasteiger partial charge is 0.508 e. The zero-order chi connectivity index (χ0) is 12.5. The van der Waals surface area contributed by atoms with Crippen molar-refractivity contribution in [3.05, 3.63) is 59.7 Å². The average molecular weight is 238 g/mol. The number of aromatic amines is 1. The summed E-state index contributed by atoms with van der Waals surface area (Å²) in [6.07, 6.45) is 2.42. The summed E-state index contributed by atoms with van der Waals surface area (Å²) in [5.74, 6) is 1.20. The van der Waals surface area contributed by atoms with Gasteiger partial charge in [0.15, 0.2) is 0 Å². The molecule has 1 heterocycles. The van der Waals surface area contributed by atoms with Crippen LogP contribution in [0.25, 0.3) is 10.8 Å². The van der Waals surface area contributed by atoms with E-state index in [9.17, 15) is 5.11 Å². The third kappa shape index (κ3) is 1.84. The molecule has 2 N–H and O–H groups in total. The van der Waals surface area contributed by atoms with Crippen molar-refractivity contribution < 1.29 is 5.11 Å². The molecule has 18 heavy (non-hydrogen) atoms. The number of imidazole rings is 1. The number of aromatic nitrogens is 2. The quantitative estimate of drug-likeness (QED) is 0.720. The highest BCUT2D eigenvalue weighted by atomic mass is 16.3. The summed E-state index contributed by atoms with van der Waals surface area (Å²) in [5, 5.41) is 12.2. The first-order chi connectivity index (χ1) is 8.74. The van der Waals surface area contributed by atoms with E-state index in [1.165, 1.54) is 0 Å². The van der Waals surface area contributed by atoms with Crippen LogP contribution in [0.4, 0.5) is 0 Å². The minimum absolute atomic E-state index is 0.322. The SMILES string of the molecule is Cc1cnc(Cc2c(O)ccc3ccccc23)[nH]1. The van der Waals surface area contributed by atoms with Gasteiger partial charge in [0.2, 0.25) is 0 Å². The second kappa shape index (κ2) is 4.18. The van der Waals surface area contributed by atoms with E-state index in [0.29, 0.717) is 12.2 Å². The van der Waals surface area contributed by atoms with Crippen LogP contribution in [0.1, 0.15) is 17.1 Å². The predicted octanol–water partition coefficient (Wildman–Crippen LogP) is 3.17.